The number of aromatic nitrogens is 6. The Balaban J connectivity index is 0. The van der Waals surface area contributed by atoms with Crippen molar-refractivity contribution < 1.29 is 119 Å². The molecule has 6 aromatic heterocycles. The van der Waals surface area contributed by atoms with E-state index in [9.17, 15) is 0 Å². The van der Waals surface area contributed by atoms with Gasteiger partial charge >= 0.3 is 22.4 Å². The number of H-pyrrole nitrogens is 3. The summed E-state index contributed by atoms with van der Waals surface area (Å²) in [6.07, 6.45) is 11.2. The van der Waals surface area contributed by atoms with Crippen LogP contribution in [0.5, 0.6) is 0 Å². The summed E-state index contributed by atoms with van der Waals surface area (Å²) in [7, 11) is 0. The second-order valence-corrected chi connectivity index (χ2v) is 11.5. The Bertz CT molecular complexity index is 2500. The molecule has 0 radical (unpaired) electrons. The number of benzene rings is 3. The van der Waals surface area contributed by atoms with Gasteiger partial charge in [-0.05, 0) is 54.6 Å². The molecule has 0 fully saturated rings. The minimum Gasteiger partial charge on any atom is -2.00 e. The van der Waals surface area contributed by atoms with Crippen LogP contribution in [0.4, 0.5) is 0 Å². The fourth-order valence-corrected chi connectivity index (χ4v) is 5.20. The van der Waals surface area contributed by atoms with Gasteiger partial charge in [-0.25, -0.2) is 29.9 Å². The van der Waals surface area contributed by atoms with E-state index in [0.29, 0.717) is 0 Å². The van der Waals surface area contributed by atoms with E-state index >= 15 is 0 Å². The SMILES string of the molecule is O.O.O.O=C([O-])C(=O)[O-].O=C([O-])C(=O)[O-].O=C([O-])C(=O)[O-].[Nb+5].[O-2].c1cnc2c(c1)ccc1ccc[nH+]c12.c1cnc2c(c1)ccc1ccc[nH+]c12.c1cnc2c(c1)ccc1ccc[nH+]c12. The molecule has 332 valence electrons. The van der Waals surface area contributed by atoms with Crippen molar-refractivity contribution in [3.63, 3.8) is 0 Å². The van der Waals surface area contributed by atoms with E-state index in [1.807, 2.05) is 73.6 Å². The summed E-state index contributed by atoms with van der Waals surface area (Å²) in [5.74, 6) is -13.1. The third-order valence-electron chi connectivity index (χ3n) is 7.72. The van der Waals surface area contributed by atoms with Crippen molar-refractivity contribution in [1.82, 2.24) is 15.0 Å². The summed E-state index contributed by atoms with van der Waals surface area (Å²) in [6.45, 7) is 0. The Hall–Kier alpha value is -8.48. The molecule has 0 unspecified atom stereocenters. The first-order valence-corrected chi connectivity index (χ1v) is 17.0. The molecule has 0 spiro atoms. The van der Waals surface area contributed by atoms with E-state index < -0.39 is 35.8 Å². The summed E-state index contributed by atoms with van der Waals surface area (Å²) >= 11 is 0. The third-order valence-corrected chi connectivity index (χ3v) is 7.72. The molecular weight excluding hydrogens is 937 g/mol. The summed E-state index contributed by atoms with van der Waals surface area (Å²) < 4.78 is 0. The predicted octanol–water partition coefficient (Wildman–Crippen LogP) is -6.53. The van der Waals surface area contributed by atoms with Crippen LogP contribution in [0.1, 0.15) is 0 Å². The van der Waals surface area contributed by atoms with Crippen LogP contribution >= 0.6 is 0 Å². The molecule has 6 heterocycles. The molecule has 0 aliphatic rings. The van der Waals surface area contributed by atoms with Crippen LogP contribution in [-0.4, -0.2) is 67.2 Å². The van der Waals surface area contributed by atoms with Crippen LogP contribution in [0.2, 0.25) is 0 Å². The van der Waals surface area contributed by atoms with E-state index in [-0.39, 0.29) is 44.3 Å². The maximum absolute atomic E-state index is 8.93. The number of nitrogens with zero attached hydrogens (tertiary/aromatic N) is 3. The molecule has 9 aromatic rings. The van der Waals surface area contributed by atoms with Gasteiger partial charge in [-0.15, -0.1) is 0 Å². The molecule has 0 aliphatic carbocycles. The van der Waals surface area contributed by atoms with E-state index in [0.717, 1.165) is 33.1 Å². The van der Waals surface area contributed by atoms with Crippen LogP contribution in [0.25, 0.3) is 65.4 Å². The van der Waals surface area contributed by atoms with Crippen LogP contribution in [-0.2, 0) is 56.6 Å². The van der Waals surface area contributed by atoms with Crippen LogP contribution in [0.15, 0.2) is 146 Å². The number of carbonyl (C=O) groups is 6. The zero-order valence-corrected chi connectivity index (χ0v) is 35.2. The van der Waals surface area contributed by atoms with Crippen molar-refractivity contribution in [2.75, 3.05) is 0 Å². The molecule has 0 aliphatic heterocycles. The van der Waals surface area contributed by atoms with Crippen LogP contribution < -0.4 is 45.6 Å². The third kappa shape index (κ3) is 17.1. The van der Waals surface area contributed by atoms with Gasteiger partial charge in [0.2, 0.25) is 16.6 Å². The number of aliphatic carboxylic acids is 6. The van der Waals surface area contributed by atoms with Gasteiger partial charge in [-0.1, -0.05) is 36.4 Å². The molecule has 3 aromatic carbocycles. The average molecular weight is 971 g/mol. The first kappa shape index (κ1) is 58.6. The second kappa shape index (κ2) is 28.9. The van der Waals surface area contributed by atoms with Gasteiger partial charge in [0.1, 0.15) is 16.6 Å². The molecule has 0 saturated heterocycles. The number of nitrogens with one attached hydrogen (secondary N) is 3. The van der Waals surface area contributed by atoms with E-state index in [1.54, 1.807) is 0 Å². The number of hydrogen-bond donors (Lipinski definition) is 0. The summed E-state index contributed by atoms with van der Waals surface area (Å²) in [6, 6.07) is 36.9. The van der Waals surface area contributed by atoms with Crippen molar-refractivity contribution in [2.45, 2.75) is 0 Å². The molecule has 0 saturated carbocycles. The number of aromatic amines is 3. The predicted molar refractivity (Wildman–Crippen MR) is 209 cm³/mol. The second-order valence-electron chi connectivity index (χ2n) is 11.5. The average Bonchev–Trinajstić information content (AvgIpc) is 3.27. The van der Waals surface area contributed by atoms with E-state index in [4.69, 9.17) is 59.4 Å². The van der Waals surface area contributed by atoms with E-state index in [1.165, 1.54) is 32.3 Å². The zero-order valence-electron chi connectivity index (χ0n) is 33.0. The van der Waals surface area contributed by atoms with Crippen LogP contribution in [0.3, 0.4) is 0 Å². The van der Waals surface area contributed by atoms with Gasteiger partial charge in [-0.3, -0.25) is 0 Å². The number of rotatable bonds is 0. The quantitative estimate of drug-likeness (QED) is 0.0775. The standard InChI is InChI=1S/3C12H8N2.3C2H2O4.Nb.3H2O.O/c3*1-3-9-5-6-10-4-2-8-14-12(10)11(9)13-7-1;3*3-1(4)2(5)6;;;;;/h3*1-8H;3*(H,3,4)(H,5,6);;3*1H2;/q;;;;;;+5;;;;-2/p-3. The van der Waals surface area contributed by atoms with Crippen LogP contribution in [0, 0.1) is 0 Å². The fraction of sp³-hybridized carbons (Fsp3) is 0. The molecule has 22 nitrogen and oxygen atoms in total. The van der Waals surface area contributed by atoms with Gasteiger partial charge < -0.3 is 81.3 Å². The van der Waals surface area contributed by atoms with Gasteiger partial charge in [0.25, 0.3) is 0 Å². The number of carboxylic acid groups (broad SMARTS) is 6. The number of pyridine rings is 6. The number of hydrogen-bond acceptors (Lipinski definition) is 15. The molecule has 9 N–H and O–H groups in total. The van der Waals surface area contributed by atoms with Crippen molar-refractivity contribution in [3.8, 4) is 0 Å². The molecule has 9 rings (SSSR count). The Morgan fingerprint density at radius 1 is 0.338 bits per heavy atom. The minimum absolute atomic E-state index is 0. The Morgan fingerprint density at radius 2 is 0.538 bits per heavy atom. The van der Waals surface area contributed by atoms with Crippen molar-refractivity contribution in [2.24, 2.45) is 0 Å². The first-order valence-electron chi connectivity index (χ1n) is 17.0. The normalized spacial score (nSPS) is 9.05. The molecular formula is C42H33N6NbO16. The topological polar surface area (TPSA) is 445 Å². The molecule has 0 bridgehead atoms. The van der Waals surface area contributed by atoms with Gasteiger partial charge in [0, 0.05) is 69.1 Å². The first-order chi connectivity index (χ1) is 28.8. The van der Waals surface area contributed by atoms with Crippen molar-refractivity contribution >= 4 is 101 Å². The smallest absolute Gasteiger partial charge is 2.00 e. The van der Waals surface area contributed by atoms with Gasteiger partial charge in [0.05, 0.1) is 35.8 Å². The Morgan fingerprint density at radius 3 is 0.754 bits per heavy atom. The van der Waals surface area contributed by atoms with Gasteiger partial charge in [-0.2, -0.15) is 0 Å². The number of fused-ring (bicyclic) bond motifs is 9. The fourth-order valence-electron chi connectivity index (χ4n) is 5.20. The molecule has 0 atom stereocenters. The summed E-state index contributed by atoms with van der Waals surface area (Å²) in [5.41, 5.74) is 6.41. The van der Waals surface area contributed by atoms with E-state index in [2.05, 4.69) is 103 Å². The largest absolute Gasteiger partial charge is 5.00 e. The van der Waals surface area contributed by atoms with Crippen molar-refractivity contribution in [3.05, 3.63) is 146 Å². The zero-order chi connectivity index (χ0) is 43.6. The number of carbonyl (C=O) groups excluding carboxylic acids is 6. The molecule has 23 heteroatoms. The Kier molecular flexibility index (Phi) is 26.1. The summed E-state index contributed by atoms with van der Waals surface area (Å²) in [4.78, 5) is 76.4. The number of carboxylic acids is 6. The minimum atomic E-state index is -2.19. The molecule has 65 heavy (non-hydrogen) atoms. The van der Waals surface area contributed by atoms with Gasteiger partial charge in [0.15, 0.2) is 18.6 Å². The monoisotopic (exact) mass is 970 g/mol. The summed E-state index contributed by atoms with van der Waals surface area (Å²) in [5, 5.41) is 60.6. The maximum Gasteiger partial charge on any atom is 5.00 e. The Labute approximate surface area is 379 Å². The molecule has 0 amide bonds. The van der Waals surface area contributed by atoms with Crippen molar-refractivity contribution in [1.29, 1.82) is 0 Å². The maximum atomic E-state index is 8.93.